The molecule has 1 aliphatic rings. The van der Waals surface area contributed by atoms with Gasteiger partial charge in [-0.15, -0.1) is 0 Å². The molecule has 1 heterocycles. The Morgan fingerprint density at radius 3 is 2.19 bits per heavy atom. The van der Waals surface area contributed by atoms with E-state index in [0.717, 1.165) is 19.4 Å². The summed E-state index contributed by atoms with van der Waals surface area (Å²) in [5.41, 5.74) is 3.46. The SMILES string of the molecule is CC(ON(C(c1ccc(COC2CCCCO2)cc1)C(C)C)C(C)(C)C)c1ccccc1. The zero-order chi connectivity index (χ0) is 23.1. The van der Waals surface area contributed by atoms with Crippen molar-refractivity contribution in [3.8, 4) is 0 Å². The standard InChI is InChI=1S/C28H41NO3/c1-21(2)27(29(28(4,5)6)32-22(3)24-12-8-7-9-13-24)25-17-15-23(16-18-25)20-31-26-14-10-11-19-30-26/h7-9,12-13,15-18,21-22,26-27H,10-11,14,19-20H2,1-6H3. The van der Waals surface area contributed by atoms with Gasteiger partial charge in [-0.05, 0) is 69.6 Å². The smallest absolute Gasteiger partial charge is 0.158 e. The van der Waals surface area contributed by atoms with Crippen molar-refractivity contribution in [2.45, 2.75) is 91.4 Å². The highest BCUT2D eigenvalue weighted by Crippen LogP contribution is 2.37. The van der Waals surface area contributed by atoms with Crippen LogP contribution < -0.4 is 0 Å². The van der Waals surface area contributed by atoms with Gasteiger partial charge in [0.25, 0.3) is 0 Å². The average molecular weight is 440 g/mol. The van der Waals surface area contributed by atoms with Gasteiger partial charge in [0.15, 0.2) is 6.29 Å². The van der Waals surface area contributed by atoms with Crippen LogP contribution in [0.2, 0.25) is 0 Å². The normalized spacial score (nSPS) is 19.3. The summed E-state index contributed by atoms with van der Waals surface area (Å²) in [6.45, 7) is 14.7. The highest BCUT2D eigenvalue weighted by molar-refractivity contribution is 5.25. The maximum atomic E-state index is 6.63. The summed E-state index contributed by atoms with van der Waals surface area (Å²) < 4.78 is 11.7. The minimum absolute atomic E-state index is 0.0279. The number of hydrogen-bond acceptors (Lipinski definition) is 4. The summed E-state index contributed by atoms with van der Waals surface area (Å²) in [5.74, 6) is 0.384. The molecule has 1 fully saturated rings. The summed E-state index contributed by atoms with van der Waals surface area (Å²) >= 11 is 0. The van der Waals surface area contributed by atoms with Gasteiger partial charge in [0, 0.05) is 12.1 Å². The van der Waals surface area contributed by atoms with Gasteiger partial charge in [0.1, 0.15) is 6.10 Å². The predicted octanol–water partition coefficient (Wildman–Crippen LogP) is 7.22. The predicted molar refractivity (Wildman–Crippen MR) is 130 cm³/mol. The van der Waals surface area contributed by atoms with Crippen LogP contribution in [0.5, 0.6) is 0 Å². The Bertz CT molecular complexity index is 792. The molecule has 0 saturated carbocycles. The van der Waals surface area contributed by atoms with Crippen molar-refractivity contribution in [2.75, 3.05) is 6.61 Å². The third kappa shape index (κ3) is 6.89. The van der Waals surface area contributed by atoms with Gasteiger partial charge >= 0.3 is 0 Å². The Labute approximate surface area is 194 Å². The van der Waals surface area contributed by atoms with Crippen molar-refractivity contribution in [1.82, 2.24) is 5.06 Å². The second-order valence-corrected chi connectivity index (χ2v) is 10.2. The van der Waals surface area contributed by atoms with Crippen LogP contribution in [0.1, 0.15) is 89.6 Å². The lowest BCUT2D eigenvalue weighted by Gasteiger charge is -2.44. The van der Waals surface area contributed by atoms with Crippen molar-refractivity contribution in [3.63, 3.8) is 0 Å². The molecule has 176 valence electrons. The van der Waals surface area contributed by atoms with Crippen LogP contribution in [0.4, 0.5) is 0 Å². The molecule has 0 N–H and O–H groups in total. The molecule has 2 aromatic carbocycles. The molecule has 0 aliphatic carbocycles. The van der Waals surface area contributed by atoms with Crippen LogP contribution in [0, 0.1) is 5.92 Å². The van der Waals surface area contributed by atoms with E-state index in [-0.39, 0.29) is 24.0 Å². The number of rotatable bonds is 9. The molecule has 0 amide bonds. The van der Waals surface area contributed by atoms with E-state index >= 15 is 0 Å². The molecular weight excluding hydrogens is 398 g/mol. The molecule has 3 rings (SSSR count). The first-order valence-corrected chi connectivity index (χ1v) is 12.1. The van der Waals surface area contributed by atoms with Crippen molar-refractivity contribution < 1.29 is 14.3 Å². The third-order valence-corrected chi connectivity index (χ3v) is 5.98. The first-order chi connectivity index (χ1) is 15.3. The molecule has 1 aliphatic heterocycles. The van der Waals surface area contributed by atoms with Crippen LogP contribution in [-0.4, -0.2) is 23.5 Å². The van der Waals surface area contributed by atoms with E-state index in [4.69, 9.17) is 14.3 Å². The van der Waals surface area contributed by atoms with E-state index in [1.54, 1.807) is 0 Å². The topological polar surface area (TPSA) is 30.9 Å². The highest BCUT2D eigenvalue weighted by Gasteiger charge is 2.34. The number of hydroxylamine groups is 2. The van der Waals surface area contributed by atoms with Crippen LogP contribution in [-0.2, 0) is 20.9 Å². The Morgan fingerprint density at radius 1 is 0.938 bits per heavy atom. The zero-order valence-corrected chi connectivity index (χ0v) is 20.7. The van der Waals surface area contributed by atoms with E-state index in [9.17, 15) is 0 Å². The summed E-state index contributed by atoms with van der Waals surface area (Å²) in [7, 11) is 0. The Hall–Kier alpha value is -1.72. The summed E-state index contributed by atoms with van der Waals surface area (Å²) in [6, 6.07) is 19.4. The largest absolute Gasteiger partial charge is 0.353 e. The van der Waals surface area contributed by atoms with E-state index in [1.807, 2.05) is 6.07 Å². The van der Waals surface area contributed by atoms with Crippen LogP contribution in [0.15, 0.2) is 54.6 Å². The van der Waals surface area contributed by atoms with Gasteiger partial charge in [-0.1, -0.05) is 68.4 Å². The van der Waals surface area contributed by atoms with Crippen LogP contribution in [0.25, 0.3) is 0 Å². The first kappa shape index (κ1) is 24.9. The lowest BCUT2D eigenvalue weighted by Crippen LogP contribution is -2.46. The van der Waals surface area contributed by atoms with Crippen LogP contribution in [0.3, 0.4) is 0 Å². The average Bonchev–Trinajstić information content (AvgIpc) is 2.78. The van der Waals surface area contributed by atoms with E-state index in [1.165, 1.54) is 23.1 Å². The van der Waals surface area contributed by atoms with Crippen molar-refractivity contribution in [2.24, 2.45) is 5.92 Å². The molecular formula is C28H41NO3. The summed E-state index contributed by atoms with van der Waals surface area (Å²) in [6.07, 6.45) is 3.23. The minimum atomic E-state index is -0.155. The van der Waals surface area contributed by atoms with Crippen LogP contribution >= 0.6 is 0 Å². The minimum Gasteiger partial charge on any atom is -0.353 e. The van der Waals surface area contributed by atoms with Crippen molar-refractivity contribution in [1.29, 1.82) is 0 Å². The fraction of sp³-hybridized carbons (Fsp3) is 0.571. The van der Waals surface area contributed by atoms with Gasteiger partial charge in [-0.3, -0.25) is 4.84 Å². The number of ether oxygens (including phenoxy) is 2. The quantitative estimate of drug-likeness (QED) is 0.386. The molecule has 0 spiro atoms. The molecule has 4 heteroatoms. The molecule has 32 heavy (non-hydrogen) atoms. The molecule has 2 aromatic rings. The lowest BCUT2D eigenvalue weighted by atomic mass is 9.92. The summed E-state index contributed by atoms with van der Waals surface area (Å²) in [5, 5.41) is 2.19. The zero-order valence-electron chi connectivity index (χ0n) is 20.7. The molecule has 0 bridgehead atoms. The fourth-order valence-electron chi connectivity index (χ4n) is 4.23. The number of hydrogen-bond donors (Lipinski definition) is 0. The Morgan fingerprint density at radius 2 is 1.62 bits per heavy atom. The highest BCUT2D eigenvalue weighted by atomic mass is 16.7. The molecule has 1 saturated heterocycles. The second-order valence-electron chi connectivity index (χ2n) is 10.2. The molecule has 0 aromatic heterocycles. The van der Waals surface area contributed by atoms with Crippen molar-refractivity contribution >= 4 is 0 Å². The molecule has 0 radical (unpaired) electrons. The maximum Gasteiger partial charge on any atom is 0.158 e. The van der Waals surface area contributed by atoms with Crippen molar-refractivity contribution in [3.05, 3.63) is 71.3 Å². The van der Waals surface area contributed by atoms with Gasteiger partial charge in [0.05, 0.1) is 12.6 Å². The number of benzene rings is 2. The lowest BCUT2D eigenvalue weighted by molar-refractivity contribution is -0.272. The Kier molecular flexibility index (Phi) is 8.89. The summed E-state index contributed by atoms with van der Waals surface area (Å²) in [4.78, 5) is 6.63. The van der Waals surface area contributed by atoms with Gasteiger partial charge in [-0.25, -0.2) is 0 Å². The second kappa shape index (κ2) is 11.4. The van der Waals surface area contributed by atoms with Gasteiger partial charge in [0.2, 0.25) is 0 Å². The van der Waals surface area contributed by atoms with E-state index < -0.39 is 0 Å². The molecule has 3 atom stereocenters. The molecule has 4 nitrogen and oxygen atoms in total. The third-order valence-electron chi connectivity index (χ3n) is 5.98. The first-order valence-electron chi connectivity index (χ1n) is 12.1. The maximum absolute atomic E-state index is 6.63. The Balaban J connectivity index is 1.74. The van der Waals surface area contributed by atoms with Gasteiger partial charge in [-0.2, -0.15) is 5.06 Å². The molecule has 3 unspecified atom stereocenters. The van der Waals surface area contributed by atoms with E-state index in [0.29, 0.717) is 12.5 Å². The fourth-order valence-corrected chi connectivity index (χ4v) is 4.23. The van der Waals surface area contributed by atoms with Gasteiger partial charge < -0.3 is 9.47 Å². The van der Waals surface area contributed by atoms with E-state index in [2.05, 4.69) is 95.1 Å². The monoisotopic (exact) mass is 439 g/mol. The number of nitrogens with zero attached hydrogens (tertiary/aromatic N) is 1.